The number of aliphatic hydroxyl groups is 2. The maximum Gasteiger partial charge on any atom is 0.321 e. The highest BCUT2D eigenvalue weighted by Crippen LogP contribution is 2.34. The van der Waals surface area contributed by atoms with Gasteiger partial charge in [0.2, 0.25) is 0 Å². The zero-order valence-corrected chi connectivity index (χ0v) is 8.09. The summed E-state index contributed by atoms with van der Waals surface area (Å²) in [5, 5.41) is 19.1. The molecule has 2 rings (SSSR count). The van der Waals surface area contributed by atoms with E-state index >= 15 is 0 Å². The van der Waals surface area contributed by atoms with Gasteiger partial charge in [-0.05, 0) is 5.56 Å². The quantitative estimate of drug-likeness (QED) is 0.662. The Hall–Kier alpha value is -1.39. The highest BCUT2D eigenvalue weighted by molar-refractivity contribution is 5.86. The number of benzene rings is 1. The van der Waals surface area contributed by atoms with E-state index < -0.39 is 24.1 Å². The fourth-order valence-corrected chi connectivity index (χ4v) is 1.87. The van der Waals surface area contributed by atoms with E-state index in [1.54, 1.807) is 30.3 Å². The van der Waals surface area contributed by atoms with Crippen LogP contribution in [0.3, 0.4) is 0 Å². The van der Waals surface area contributed by atoms with E-state index in [4.69, 9.17) is 4.74 Å². The summed E-state index contributed by atoms with van der Waals surface area (Å²) in [6.45, 7) is -0.509. The maximum atomic E-state index is 11.6. The van der Waals surface area contributed by atoms with Crippen LogP contribution in [-0.2, 0) is 14.9 Å². The smallest absolute Gasteiger partial charge is 0.321 e. The fraction of sp³-hybridized carbons (Fsp3) is 0.364. The van der Waals surface area contributed by atoms with Crippen LogP contribution >= 0.6 is 0 Å². The van der Waals surface area contributed by atoms with Crippen molar-refractivity contribution in [3.8, 4) is 0 Å². The van der Waals surface area contributed by atoms with E-state index in [-0.39, 0.29) is 6.61 Å². The lowest BCUT2D eigenvalue weighted by Gasteiger charge is -2.25. The summed E-state index contributed by atoms with van der Waals surface area (Å²) in [5.74, 6) is -0.566. The SMILES string of the molecule is O=C1OC[C@H](O)[C@@]1(CO)c1ccccc1. The molecule has 1 aliphatic heterocycles. The van der Waals surface area contributed by atoms with Gasteiger partial charge in [-0.15, -0.1) is 0 Å². The summed E-state index contributed by atoms with van der Waals surface area (Å²) in [5.41, 5.74) is -0.719. The molecule has 1 saturated heterocycles. The van der Waals surface area contributed by atoms with Gasteiger partial charge >= 0.3 is 5.97 Å². The lowest BCUT2D eigenvalue weighted by Crippen LogP contribution is -2.45. The minimum atomic E-state index is -1.30. The summed E-state index contributed by atoms with van der Waals surface area (Å²) in [6, 6.07) is 8.72. The lowest BCUT2D eigenvalue weighted by molar-refractivity contribution is -0.144. The second kappa shape index (κ2) is 3.64. The van der Waals surface area contributed by atoms with Gasteiger partial charge in [-0.2, -0.15) is 0 Å². The zero-order valence-electron chi connectivity index (χ0n) is 8.09. The molecule has 0 aromatic heterocycles. The Morgan fingerprint density at radius 3 is 2.53 bits per heavy atom. The van der Waals surface area contributed by atoms with Gasteiger partial charge in [-0.25, -0.2) is 0 Å². The summed E-state index contributed by atoms with van der Waals surface area (Å²) >= 11 is 0. The van der Waals surface area contributed by atoms with Crippen molar-refractivity contribution in [3.63, 3.8) is 0 Å². The second-order valence-electron chi connectivity index (χ2n) is 3.61. The first-order valence-electron chi connectivity index (χ1n) is 4.73. The number of carbonyl (C=O) groups is 1. The summed E-state index contributed by atoms with van der Waals surface area (Å²) < 4.78 is 4.78. The third-order valence-electron chi connectivity index (χ3n) is 2.84. The van der Waals surface area contributed by atoms with Crippen molar-refractivity contribution < 1.29 is 19.7 Å². The summed E-state index contributed by atoms with van der Waals surface area (Å²) in [7, 11) is 0. The summed E-state index contributed by atoms with van der Waals surface area (Å²) in [6.07, 6.45) is -0.989. The van der Waals surface area contributed by atoms with Crippen LogP contribution < -0.4 is 0 Å². The minimum absolute atomic E-state index is 0.0612. The van der Waals surface area contributed by atoms with Crippen LogP contribution in [0.25, 0.3) is 0 Å². The van der Waals surface area contributed by atoms with Crippen LogP contribution in [-0.4, -0.2) is 35.5 Å². The molecule has 0 saturated carbocycles. The Balaban J connectivity index is 2.50. The average molecular weight is 208 g/mol. The van der Waals surface area contributed by atoms with Gasteiger partial charge in [0, 0.05) is 0 Å². The number of carbonyl (C=O) groups excluding carboxylic acids is 1. The van der Waals surface area contributed by atoms with Crippen molar-refractivity contribution in [2.24, 2.45) is 0 Å². The Kier molecular flexibility index (Phi) is 2.46. The lowest BCUT2D eigenvalue weighted by atomic mass is 9.78. The summed E-state index contributed by atoms with van der Waals surface area (Å²) in [4.78, 5) is 11.6. The van der Waals surface area contributed by atoms with E-state index in [2.05, 4.69) is 0 Å². The van der Waals surface area contributed by atoms with Gasteiger partial charge < -0.3 is 14.9 Å². The van der Waals surface area contributed by atoms with Crippen molar-refractivity contribution in [2.75, 3.05) is 13.2 Å². The molecular weight excluding hydrogens is 196 g/mol. The Morgan fingerprint density at radius 2 is 2.07 bits per heavy atom. The molecule has 1 aromatic rings. The number of rotatable bonds is 2. The predicted molar refractivity (Wildman–Crippen MR) is 52.2 cm³/mol. The first-order chi connectivity index (χ1) is 7.21. The van der Waals surface area contributed by atoms with Crippen molar-refractivity contribution in [1.29, 1.82) is 0 Å². The van der Waals surface area contributed by atoms with E-state index in [0.29, 0.717) is 5.56 Å². The van der Waals surface area contributed by atoms with Crippen molar-refractivity contribution in [1.82, 2.24) is 0 Å². The molecule has 0 radical (unpaired) electrons. The van der Waals surface area contributed by atoms with Gasteiger partial charge in [0.05, 0.1) is 6.61 Å². The van der Waals surface area contributed by atoms with Crippen LogP contribution in [0.1, 0.15) is 5.56 Å². The van der Waals surface area contributed by atoms with Crippen LogP contribution in [0.4, 0.5) is 0 Å². The van der Waals surface area contributed by atoms with Gasteiger partial charge in [0.1, 0.15) is 18.1 Å². The van der Waals surface area contributed by atoms with E-state index in [1.165, 1.54) is 0 Å². The van der Waals surface area contributed by atoms with Crippen LogP contribution in [0.5, 0.6) is 0 Å². The molecule has 0 spiro atoms. The highest BCUT2D eigenvalue weighted by Gasteiger charge is 2.53. The van der Waals surface area contributed by atoms with Gasteiger partial charge in [-0.3, -0.25) is 4.79 Å². The first kappa shape index (κ1) is 10.1. The molecule has 1 aromatic carbocycles. The minimum Gasteiger partial charge on any atom is -0.462 e. The van der Waals surface area contributed by atoms with Crippen molar-refractivity contribution in [3.05, 3.63) is 35.9 Å². The molecule has 4 nitrogen and oxygen atoms in total. The number of ether oxygens (including phenoxy) is 1. The molecule has 1 fully saturated rings. The Bertz CT molecular complexity index is 362. The fourth-order valence-electron chi connectivity index (χ4n) is 1.87. The molecule has 1 heterocycles. The monoisotopic (exact) mass is 208 g/mol. The molecular formula is C11H12O4. The normalized spacial score (nSPS) is 30.3. The molecule has 0 aliphatic carbocycles. The number of cyclic esters (lactones) is 1. The number of hydrogen-bond acceptors (Lipinski definition) is 4. The molecule has 0 unspecified atom stereocenters. The molecule has 0 bridgehead atoms. The Labute approximate surface area is 87.1 Å². The van der Waals surface area contributed by atoms with Crippen molar-refractivity contribution in [2.45, 2.75) is 11.5 Å². The average Bonchev–Trinajstić information content (AvgIpc) is 2.57. The van der Waals surface area contributed by atoms with Crippen LogP contribution in [0.2, 0.25) is 0 Å². The number of aliphatic hydroxyl groups excluding tert-OH is 2. The third kappa shape index (κ3) is 1.33. The largest absolute Gasteiger partial charge is 0.462 e. The van der Waals surface area contributed by atoms with Crippen LogP contribution in [0.15, 0.2) is 30.3 Å². The molecule has 2 N–H and O–H groups in total. The van der Waals surface area contributed by atoms with E-state index in [0.717, 1.165) is 0 Å². The third-order valence-corrected chi connectivity index (χ3v) is 2.84. The molecule has 2 atom stereocenters. The zero-order chi connectivity index (χ0) is 10.9. The van der Waals surface area contributed by atoms with Gasteiger partial charge in [0.15, 0.2) is 0 Å². The van der Waals surface area contributed by atoms with Crippen molar-refractivity contribution >= 4 is 5.97 Å². The Morgan fingerprint density at radius 1 is 1.40 bits per heavy atom. The van der Waals surface area contributed by atoms with E-state index in [9.17, 15) is 15.0 Å². The van der Waals surface area contributed by atoms with E-state index in [1.807, 2.05) is 0 Å². The standard InChI is InChI=1S/C11H12O4/c12-7-11(8-4-2-1-3-5-8)9(13)6-15-10(11)14/h1-5,9,12-13H,6-7H2/t9-,11+/m0/s1. The molecule has 15 heavy (non-hydrogen) atoms. The number of hydrogen-bond donors (Lipinski definition) is 2. The van der Waals surface area contributed by atoms with Crippen LogP contribution in [0, 0.1) is 0 Å². The maximum absolute atomic E-state index is 11.6. The molecule has 0 amide bonds. The second-order valence-corrected chi connectivity index (χ2v) is 3.61. The number of esters is 1. The molecule has 80 valence electrons. The first-order valence-corrected chi connectivity index (χ1v) is 4.73. The predicted octanol–water partition coefficient (Wildman–Crippen LogP) is -0.166. The molecule has 4 heteroatoms. The molecule has 1 aliphatic rings. The van der Waals surface area contributed by atoms with Gasteiger partial charge in [0.25, 0.3) is 0 Å². The highest BCUT2D eigenvalue weighted by atomic mass is 16.6. The topological polar surface area (TPSA) is 66.8 Å². The van der Waals surface area contributed by atoms with Gasteiger partial charge in [-0.1, -0.05) is 30.3 Å².